The lowest BCUT2D eigenvalue weighted by atomic mass is 9.78. The quantitative estimate of drug-likeness (QED) is 0.634. The summed E-state index contributed by atoms with van der Waals surface area (Å²) in [4.78, 5) is 14.2. The van der Waals surface area contributed by atoms with Crippen LogP contribution >= 0.6 is 11.3 Å². The number of aliphatic hydroxyl groups is 1. The number of halogens is 1. The Labute approximate surface area is 167 Å². The number of carbonyl (C=O) groups excluding carboxylic acids is 1. The fraction of sp³-hybridized carbons (Fsp3) is 0.318. The molecular formula is C22H22FNO3S. The van der Waals surface area contributed by atoms with Crippen LogP contribution in [0.3, 0.4) is 0 Å². The van der Waals surface area contributed by atoms with E-state index in [9.17, 15) is 14.3 Å². The van der Waals surface area contributed by atoms with Crippen LogP contribution in [0.4, 0.5) is 4.39 Å². The van der Waals surface area contributed by atoms with Gasteiger partial charge >= 0.3 is 0 Å². The van der Waals surface area contributed by atoms with Crippen molar-refractivity contribution in [2.45, 2.75) is 31.8 Å². The Hall–Kier alpha value is -2.44. The van der Waals surface area contributed by atoms with Gasteiger partial charge in [0.25, 0.3) is 5.91 Å². The molecule has 28 heavy (non-hydrogen) atoms. The van der Waals surface area contributed by atoms with Crippen LogP contribution in [0.1, 0.15) is 34.5 Å². The Bertz CT molecular complexity index is 935. The maximum Gasteiger partial charge on any atom is 0.261 e. The minimum atomic E-state index is -0.486. The predicted molar refractivity (Wildman–Crippen MR) is 107 cm³/mol. The van der Waals surface area contributed by atoms with E-state index in [0.29, 0.717) is 17.8 Å². The minimum Gasteiger partial charge on any atom is -0.464 e. The molecule has 1 saturated carbocycles. The van der Waals surface area contributed by atoms with Crippen LogP contribution in [0, 0.1) is 11.2 Å². The zero-order valence-electron chi connectivity index (χ0n) is 15.4. The summed E-state index contributed by atoms with van der Waals surface area (Å²) in [7, 11) is 0. The van der Waals surface area contributed by atoms with Crippen LogP contribution in [-0.2, 0) is 6.42 Å². The van der Waals surface area contributed by atoms with Crippen molar-refractivity contribution >= 4 is 17.2 Å². The van der Waals surface area contributed by atoms with Crippen LogP contribution in [0.5, 0.6) is 0 Å². The first-order chi connectivity index (χ1) is 13.6. The largest absolute Gasteiger partial charge is 0.464 e. The van der Waals surface area contributed by atoms with Gasteiger partial charge < -0.3 is 14.8 Å². The fourth-order valence-electron chi connectivity index (χ4n) is 3.96. The van der Waals surface area contributed by atoms with Gasteiger partial charge in [-0.2, -0.15) is 0 Å². The number of benzene rings is 1. The lowest BCUT2D eigenvalue weighted by Crippen LogP contribution is -2.43. The topological polar surface area (TPSA) is 62.5 Å². The van der Waals surface area contributed by atoms with E-state index in [1.54, 1.807) is 24.5 Å². The summed E-state index contributed by atoms with van der Waals surface area (Å²) >= 11 is 1.38. The Morgan fingerprint density at radius 1 is 1.25 bits per heavy atom. The highest BCUT2D eigenvalue weighted by molar-refractivity contribution is 7.17. The summed E-state index contributed by atoms with van der Waals surface area (Å²) < 4.78 is 18.6. The van der Waals surface area contributed by atoms with E-state index in [0.717, 1.165) is 35.5 Å². The number of nitrogens with one attached hydrogen (secondary N) is 1. The molecule has 0 spiro atoms. The van der Waals surface area contributed by atoms with Crippen molar-refractivity contribution in [1.82, 2.24) is 5.32 Å². The average Bonchev–Trinajstić information content (AvgIpc) is 3.43. The van der Waals surface area contributed by atoms with Crippen LogP contribution in [0.25, 0.3) is 10.6 Å². The standard InChI is InChI=1S/C22H22FNO3S/c23-16-7-5-15(6-8-16)13-22(11-1-4-20(22)25)14-24-21(26)19-10-9-18(28-19)17-3-2-12-27-17/h2-3,5-10,12,20,25H,1,4,11,13-14H2,(H,24,26). The predicted octanol–water partition coefficient (Wildman–Crippen LogP) is 4.65. The molecule has 0 aliphatic heterocycles. The van der Waals surface area contributed by atoms with Crippen LogP contribution in [-0.4, -0.2) is 23.7 Å². The summed E-state index contributed by atoms with van der Waals surface area (Å²) in [5.41, 5.74) is 0.544. The van der Waals surface area contributed by atoms with Gasteiger partial charge in [-0.1, -0.05) is 18.6 Å². The number of hydrogen-bond donors (Lipinski definition) is 2. The van der Waals surface area contributed by atoms with Gasteiger partial charge in [0.15, 0.2) is 0 Å². The van der Waals surface area contributed by atoms with E-state index in [-0.39, 0.29) is 11.7 Å². The second-order valence-corrected chi connectivity index (χ2v) is 8.48. The lowest BCUT2D eigenvalue weighted by Gasteiger charge is -2.33. The average molecular weight is 399 g/mol. The molecule has 4 rings (SSSR count). The van der Waals surface area contributed by atoms with Gasteiger partial charge in [0, 0.05) is 12.0 Å². The summed E-state index contributed by atoms with van der Waals surface area (Å²) in [5.74, 6) is 0.312. The van der Waals surface area contributed by atoms with Crippen molar-refractivity contribution in [3.63, 3.8) is 0 Å². The van der Waals surface area contributed by atoms with Crippen molar-refractivity contribution < 1.29 is 18.7 Å². The molecular weight excluding hydrogens is 377 g/mol. The highest BCUT2D eigenvalue weighted by atomic mass is 32.1. The van der Waals surface area contributed by atoms with Gasteiger partial charge in [-0.3, -0.25) is 4.79 Å². The maximum absolute atomic E-state index is 13.2. The van der Waals surface area contributed by atoms with E-state index in [4.69, 9.17) is 4.42 Å². The van der Waals surface area contributed by atoms with E-state index in [1.165, 1.54) is 23.5 Å². The fourth-order valence-corrected chi connectivity index (χ4v) is 4.85. The smallest absolute Gasteiger partial charge is 0.261 e. The van der Waals surface area contributed by atoms with Crippen LogP contribution < -0.4 is 5.32 Å². The van der Waals surface area contributed by atoms with Crippen molar-refractivity contribution in [2.24, 2.45) is 5.41 Å². The highest BCUT2D eigenvalue weighted by Gasteiger charge is 2.42. The Balaban J connectivity index is 1.46. The van der Waals surface area contributed by atoms with Crippen molar-refractivity contribution in [1.29, 1.82) is 0 Å². The normalized spacial score (nSPS) is 21.7. The zero-order chi connectivity index (χ0) is 19.6. The van der Waals surface area contributed by atoms with E-state index in [2.05, 4.69) is 5.32 Å². The number of rotatable bonds is 6. The second-order valence-electron chi connectivity index (χ2n) is 7.40. The Kier molecular flexibility index (Phi) is 5.33. The third kappa shape index (κ3) is 3.88. The number of hydrogen-bond acceptors (Lipinski definition) is 4. The second kappa shape index (κ2) is 7.89. The molecule has 2 unspecified atom stereocenters. The molecule has 0 bridgehead atoms. The first-order valence-electron chi connectivity index (χ1n) is 9.40. The Morgan fingerprint density at radius 3 is 2.75 bits per heavy atom. The summed E-state index contributed by atoms with van der Waals surface area (Å²) in [6, 6.07) is 13.7. The number of aliphatic hydroxyl groups excluding tert-OH is 1. The molecule has 3 aromatic rings. The number of thiophene rings is 1. The van der Waals surface area contributed by atoms with Crippen molar-refractivity contribution in [3.05, 3.63) is 71.1 Å². The number of carbonyl (C=O) groups is 1. The van der Waals surface area contributed by atoms with E-state index >= 15 is 0 Å². The molecule has 0 radical (unpaired) electrons. The third-order valence-electron chi connectivity index (χ3n) is 5.52. The summed E-state index contributed by atoms with van der Waals surface area (Å²) in [6.07, 6.45) is 4.19. The van der Waals surface area contributed by atoms with Gasteiger partial charge in [0.2, 0.25) is 0 Å². The molecule has 1 fully saturated rings. The summed E-state index contributed by atoms with van der Waals surface area (Å²) in [6.45, 7) is 0.387. The van der Waals surface area contributed by atoms with Crippen molar-refractivity contribution in [2.75, 3.05) is 6.54 Å². The molecule has 2 N–H and O–H groups in total. The van der Waals surface area contributed by atoms with Gasteiger partial charge in [-0.05, 0) is 61.2 Å². The molecule has 2 atom stereocenters. The van der Waals surface area contributed by atoms with Gasteiger partial charge in [0.05, 0.1) is 22.1 Å². The number of amides is 1. The first kappa shape index (κ1) is 18.9. The summed E-state index contributed by atoms with van der Waals surface area (Å²) in [5, 5.41) is 13.6. The SMILES string of the molecule is O=C(NCC1(Cc2ccc(F)cc2)CCCC1O)c1ccc(-c2ccco2)s1. The molecule has 4 nitrogen and oxygen atoms in total. The molecule has 1 aliphatic carbocycles. The highest BCUT2D eigenvalue weighted by Crippen LogP contribution is 2.41. The molecule has 1 aliphatic rings. The molecule has 6 heteroatoms. The maximum atomic E-state index is 13.2. The monoisotopic (exact) mass is 399 g/mol. The minimum absolute atomic E-state index is 0.152. The van der Waals surface area contributed by atoms with Gasteiger partial charge in [0.1, 0.15) is 11.6 Å². The lowest BCUT2D eigenvalue weighted by molar-refractivity contribution is 0.0501. The van der Waals surface area contributed by atoms with Crippen molar-refractivity contribution in [3.8, 4) is 10.6 Å². The van der Waals surface area contributed by atoms with Gasteiger partial charge in [-0.25, -0.2) is 4.39 Å². The zero-order valence-corrected chi connectivity index (χ0v) is 16.2. The molecule has 2 aromatic heterocycles. The third-order valence-corrected chi connectivity index (χ3v) is 6.62. The molecule has 1 aromatic carbocycles. The number of furan rings is 1. The van der Waals surface area contributed by atoms with Gasteiger partial charge in [-0.15, -0.1) is 11.3 Å². The Morgan fingerprint density at radius 2 is 2.07 bits per heavy atom. The molecule has 2 heterocycles. The molecule has 1 amide bonds. The molecule has 0 saturated heterocycles. The van der Waals surface area contributed by atoms with Crippen LogP contribution in [0.15, 0.2) is 59.2 Å². The van der Waals surface area contributed by atoms with E-state index in [1.807, 2.05) is 18.2 Å². The first-order valence-corrected chi connectivity index (χ1v) is 10.2. The molecule has 146 valence electrons. The van der Waals surface area contributed by atoms with Crippen LogP contribution in [0.2, 0.25) is 0 Å². The van der Waals surface area contributed by atoms with E-state index < -0.39 is 11.5 Å².